The fourth-order valence-electron chi connectivity index (χ4n) is 5.56. The van der Waals surface area contributed by atoms with E-state index in [2.05, 4.69) is 122 Å². The van der Waals surface area contributed by atoms with E-state index in [0.717, 1.165) is 12.8 Å². The van der Waals surface area contributed by atoms with E-state index in [4.69, 9.17) is 0 Å². The maximum absolute atomic E-state index is 2.31. The lowest BCUT2D eigenvalue weighted by molar-refractivity contribution is 1.14. The van der Waals surface area contributed by atoms with Gasteiger partial charge in [0.05, 0.1) is 0 Å². The molecule has 0 saturated heterocycles. The van der Waals surface area contributed by atoms with E-state index in [-0.39, 0.29) is 0 Å². The maximum Gasteiger partial charge on any atom is -0.000695 e. The molecule has 5 aromatic rings. The van der Waals surface area contributed by atoms with Crippen LogP contribution in [0, 0.1) is 0 Å². The third kappa shape index (κ3) is 3.22. The lowest BCUT2D eigenvalue weighted by atomic mass is 9.78. The molecule has 33 heavy (non-hydrogen) atoms. The number of fused-ring (bicyclic) bond motifs is 3. The fourth-order valence-corrected chi connectivity index (χ4v) is 5.56. The molecule has 0 nitrogen and oxygen atoms in total. The smallest absolute Gasteiger partial charge is 0.000695 e. The highest BCUT2D eigenvalue weighted by Crippen LogP contribution is 2.52. The lowest BCUT2D eigenvalue weighted by Gasteiger charge is -2.25. The van der Waals surface area contributed by atoms with Gasteiger partial charge >= 0.3 is 0 Å². The highest BCUT2D eigenvalue weighted by Gasteiger charge is 2.30. The van der Waals surface area contributed by atoms with Crippen molar-refractivity contribution in [1.29, 1.82) is 0 Å². The van der Waals surface area contributed by atoms with Crippen molar-refractivity contribution in [3.63, 3.8) is 0 Å². The van der Waals surface area contributed by atoms with Gasteiger partial charge in [-0.05, 0) is 74.0 Å². The van der Waals surface area contributed by atoms with E-state index in [1.165, 1.54) is 61.2 Å². The monoisotopic (exact) mass is 422 g/mol. The van der Waals surface area contributed by atoms with Crippen molar-refractivity contribution in [2.75, 3.05) is 0 Å². The summed E-state index contributed by atoms with van der Waals surface area (Å²) in [6.07, 6.45) is 1.98. The summed E-state index contributed by atoms with van der Waals surface area (Å²) in [5, 5.41) is 0. The third-order valence-corrected chi connectivity index (χ3v) is 6.90. The molecule has 0 saturated carbocycles. The molecule has 158 valence electrons. The lowest BCUT2D eigenvalue weighted by Crippen LogP contribution is -2.02. The minimum atomic E-state index is 0.984. The van der Waals surface area contributed by atoms with Crippen molar-refractivity contribution >= 4 is 0 Å². The zero-order valence-electron chi connectivity index (χ0n) is 18.9. The second kappa shape index (κ2) is 8.22. The van der Waals surface area contributed by atoms with Crippen LogP contribution < -0.4 is 0 Å². The number of benzene rings is 5. The van der Waals surface area contributed by atoms with E-state index in [9.17, 15) is 0 Å². The molecule has 0 unspecified atom stereocenters. The molecule has 0 heteroatoms. The fraction of sp³-hybridized carbons (Fsp3) is 0.0909. The summed E-state index contributed by atoms with van der Waals surface area (Å²) in [6, 6.07) is 41.9. The average Bonchev–Trinajstić information content (AvgIpc) is 3.28. The summed E-state index contributed by atoms with van der Waals surface area (Å²) in [5.74, 6) is 0. The third-order valence-electron chi connectivity index (χ3n) is 6.90. The van der Waals surface area contributed by atoms with Crippen molar-refractivity contribution in [2.24, 2.45) is 0 Å². The molecule has 0 fully saturated rings. The number of hydrogen-bond donors (Lipinski definition) is 0. The first-order valence-electron chi connectivity index (χ1n) is 11.8. The predicted molar refractivity (Wildman–Crippen MR) is 140 cm³/mol. The predicted octanol–water partition coefficient (Wildman–Crippen LogP) is 8.82. The van der Waals surface area contributed by atoms with Crippen molar-refractivity contribution in [1.82, 2.24) is 0 Å². The number of rotatable bonds is 4. The van der Waals surface area contributed by atoms with Crippen LogP contribution in [-0.2, 0) is 12.8 Å². The summed E-state index contributed by atoms with van der Waals surface area (Å²) >= 11 is 0. The van der Waals surface area contributed by atoms with Crippen molar-refractivity contribution < 1.29 is 0 Å². The van der Waals surface area contributed by atoms with Crippen LogP contribution in [0.1, 0.15) is 23.6 Å². The summed E-state index contributed by atoms with van der Waals surface area (Å²) < 4.78 is 0. The molecule has 0 N–H and O–H groups in total. The Kier molecular flexibility index (Phi) is 4.92. The van der Waals surface area contributed by atoms with Gasteiger partial charge in [-0.3, -0.25) is 0 Å². The second-order valence-electron chi connectivity index (χ2n) is 8.74. The normalized spacial score (nSPS) is 11.8. The topological polar surface area (TPSA) is 0 Å². The van der Waals surface area contributed by atoms with E-state index in [1.807, 2.05) is 0 Å². The van der Waals surface area contributed by atoms with Gasteiger partial charge in [0.15, 0.2) is 0 Å². The van der Waals surface area contributed by atoms with Gasteiger partial charge in [0.1, 0.15) is 0 Å². The Labute approximate surface area is 196 Å². The summed E-state index contributed by atoms with van der Waals surface area (Å²) in [6.45, 7) is 2.31. The molecule has 0 amide bonds. The highest BCUT2D eigenvalue weighted by atomic mass is 14.3. The Hall–Kier alpha value is -3.90. The molecule has 0 atom stereocenters. The van der Waals surface area contributed by atoms with Crippen molar-refractivity contribution in [2.45, 2.75) is 19.8 Å². The Balaban J connectivity index is 1.84. The molecule has 0 radical (unpaired) electrons. The molecular weight excluding hydrogens is 396 g/mol. The molecule has 0 heterocycles. The van der Waals surface area contributed by atoms with Gasteiger partial charge in [-0.2, -0.15) is 0 Å². The van der Waals surface area contributed by atoms with Crippen LogP contribution in [-0.4, -0.2) is 0 Å². The largest absolute Gasteiger partial charge is 0.0622 e. The molecule has 5 aromatic carbocycles. The molecule has 1 aliphatic rings. The first-order valence-corrected chi connectivity index (χ1v) is 11.8. The van der Waals surface area contributed by atoms with Gasteiger partial charge in [-0.25, -0.2) is 0 Å². The van der Waals surface area contributed by atoms with E-state index >= 15 is 0 Å². The van der Waals surface area contributed by atoms with Gasteiger partial charge in [-0.1, -0.05) is 122 Å². The van der Waals surface area contributed by atoms with Crippen LogP contribution in [0.15, 0.2) is 115 Å². The Bertz CT molecular complexity index is 1430. The maximum atomic E-state index is 2.31. The highest BCUT2D eigenvalue weighted by molar-refractivity contribution is 6.04. The van der Waals surface area contributed by atoms with Gasteiger partial charge in [0.25, 0.3) is 0 Å². The molecule has 0 spiro atoms. The van der Waals surface area contributed by atoms with E-state index in [1.54, 1.807) is 0 Å². The molecule has 0 aromatic heterocycles. The quantitative estimate of drug-likeness (QED) is 0.266. The second-order valence-corrected chi connectivity index (χ2v) is 8.74. The summed E-state index contributed by atoms with van der Waals surface area (Å²) in [7, 11) is 0. The zero-order valence-corrected chi connectivity index (χ0v) is 18.9. The van der Waals surface area contributed by atoms with Gasteiger partial charge < -0.3 is 0 Å². The molecular formula is C33H26. The minimum absolute atomic E-state index is 0.984. The molecule has 0 bridgehead atoms. The molecule has 1 aliphatic carbocycles. The molecule has 6 rings (SSSR count). The van der Waals surface area contributed by atoms with Crippen LogP contribution in [0.2, 0.25) is 0 Å². The van der Waals surface area contributed by atoms with Gasteiger partial charge in [0.2, 0.25) is 0 Å². The Morgan fingerprint density at radius 2 is 0.970 bits per heavy atom. The van der Waals surface area contributed by atoms with Gasteiger partial charge in [-0.15, -0.1) is 0 Å². The van der Waals surface area contributed by atoms with Crippen LogP contribution in [0.3, 0.4) is 0 Å². The summed E-state index contributed by atoms with van der Waals surface area (Å²) in [5.41, 5.74) is 15.2. The van der Waals surface area contributed by atoms with E-state index < -0.39 is 0 Å². The standard InChI is InChI=1S/C33H26/c1-2-27-30(23-14-6-3-7-15-23)32(25-18-10-5-11-19-25)31(24-16-8-4-9-17-24)29-22-26-20-12-13-21-28(26)33(27)29/h3-21H,2,22H2,1H3. The molecule has 0 aliphatic heterocycles. The first-order chi connectivity index (χ1) is 16.4. The first kappa shape index (κ1) is 19.8. The summed E-state index contributed by atoms with van der Waals surface area (Å²) in [4.78, 5) is 0. The van der Waals surface area contributed by atoms with Crippen LogP contribution in [0.4, 0.5) is 0 Å². The van der Waals surface area contributed by atoms with Crippen molar-refractivity contribution in [3.05, 3.63) is 132 Å². The minimum Gasteiger partial charge on any atom is -0.0622 e. The number of hydrogen-bond acceptors (Lipinski definition) is 0. The van der Waals surface area contributed by atoms with Gasteiger partial charge in [0, 0.05) is 0 Å². The zero-order chi connectivity index (χ0) is 22.2. The van der Waals surface area contributed by atoms with Crippen LogP contribution in [0.5, 0.6) is 0 Å². The Morgan fingerprint density at radius 3 is 1.55 bits per heavy atom. The SMILES string of the molecule is CCc1c2c(c(-c3ccccc3)c(-c3ccccc3)c1-c1ccccc1)Cc1ccccc1-2. The Morgan fingerprint density at radius 1 is 0.485 bits per heavy atom. The van der Waals surface area contributed by atoms with Crippen LogP contribution >= 0.6 is 0 Å². The van der Waals surface area contributed by atoms with E-state index in [0.29, 0.717) is 0 Å². The average molecular weight is 423 g/mol. The van der Waals surface area contributed by atoms with Crippen molar-refractivity contribution in [3.8, 4) is 44.5 Å². The van der Waals surface area contributed by atoms with Crippen LogP contribution in [0.25, 0.3) is 44.5 Å².